The first kappa shape index (κ1) is 16.1. The fourth-order valence-corrected chi connectivity index (χ4v) is 2.96. The van der Waals surface area contributed by atoms with Crippen LogP contribution in [0.4, 0.5) is 5.69 Å². The van der Waals surface area contributed by atoms with Gasteiger partial charge in [-0.15, -0.1) is 0 Å². The first-order chi connectivity index (χ1) is 9.72. The number of amides is 1. The molecule has 0 aliphatic carbocycles. The highest BCUT2D eigenvalue weighted by Crippen LogP contribution is 2.39. The van der Waals surface area contributed by atoms with Gasteiger partial charge in [0.1, 0.15) is 11.9 Å². The van der Waals surface area contributed by atoms with E-state index in [-0.39, 0.29) is 12.6 Å². The maximum absolute atomic E-state index is 12.4. The number of sulfonamides is 1. The fraction of sp³-hybridized carbons (Fsp3) is 0.462. The van der Waals surface area contributed by atoms with Gasteiger partial charge in [-0.2, -0.15) is 0 Å². The normalized spacial score (nSPS) is 18.3. The quantitative estimate of drug-likeness (QED) is 0.838. The second-order valence-corrected chi connectivity index (χ2v) is 7.65. The summed E-state index contributed by atoms with van der Waals surface area (Å²) >= 11 is 6.07. The highest BCUT2D eigenvalue weighted by atomic mass is 35.5. The first-order valence-electron chi connectivity index (χ1n) is 6.38. The molecule has 0 unspecified atom stereocenters. The number of fused-ring (bicyclic) bond motifs is 1. The van der Waals surface area contributed by atoms with Gasteiger partial charge >= 0.3 is 0 Å². The van der Waals surface area contributed by atoms with Gasteiger partial charge in [0, 0.05) is 14.1 Å². The summed E-state index contributed by atoms with van der Waals surface area (Å²) in [5.74, 6) is -0.672. The Kier molecular flexibility index (Phi) is 4.46. The summed E-state index contributed by atoms with van der Waals surface area (Å²) in [6, 6.07) is 5.05. The van der Waals surface area contributed by atoms with Crippen molar-refractivity contribution in [3.8, 4) is 5.75 Å². The maximum Gasteiger partial charge on any atom is 0.243 e. The van der Waals surface area contributed by atoms with Crippen molar-refractivity contribution in [1.82, 2.24) is 4.31 Å². The lowest BCUT2D eigenvalue weighted by atomic mass is 10.2. The Labute approximate surface area is 129 Å². The number of rotatable bonds is 3. The third-order valence-corrected chi connectivity index (χ3v) is 5.18. The molecule has 1 aromatic carbocycles. The van der Waals surface area contributed by atoms with Gasteiger partial charge in [-0.1, -0.05) is 17.7 Å². The lowest BCUT2D eigenvalue weighted by Gasteiger charge is -2.34. The van der Waals surface area contributed by atoms with Gasteiger partial charge in [-0.05, 0) is 19.1 Å². The molecule has 0 N–H and O–H groups in total. The van der Waals surface area contributed by atoms with Crippen LogP contribution in [-0.2, 0) is 14.8 Å². The molecule has 0 radical (unpaired) electrons. The Balaban J connectivity index is 2.34. The van der Waals surface area contributed by atoms with Crippen molar-refractivity contribution in [2.24, 2.45) is 0 Å². The van der Waals surface area contributed by atoms with Gasteiger partial charge < -0.3 is 9.64 Å². The zero-order chi connectivity index (χ0) is 15.8. The molecule has 0 saturated heterocycles. The Morgan fingerprint density at radius 1 is 1.48 bits per heavy atom. The predicted octanol–water partition coefficient (Wildman–Crippen LogP) is 1.35. The second-order valence-electron chi connectivity index (χ2n) is 5.06. The number of ether oxygens (including phenoxy) is 1. The number of hydrogen-bond donors (Lipinski definition) is 0. The summed E-state index contributed by atoms with van der Waals surface area (Å²) in [4.78, 5) is 13.8. The molecule has 1 aliphatic heterocycles. The van der Waals surface area contributed by atoms with Crippen molar-refractivity contribution in [2.75, 3.05) is 31.3 Å². The summed E-state index contributed by atoms with van der Waals surface area (Å²) < 4.78 is 30.4. The van der Waals surface area contributed by atoms with E-state index in [1.54, 1.807) is 25.1 Å². The first-order valence-corrected chi connectivity index (χ1v) is 8.37. The Morgan fingerprint density at radius 3 is 2.76 bits per heavy atom. The maximum atomic E-state index is 12.4. The molecule has 116 valence electrons. The Bertz CT molecular complexity index is 660. The molecule has 0 spiro atoms. The van der Waals surface area contributed by atoms with Crippen molar-refractivity contribution >= 4 is 33.2 Å². The molecule has 0 bridgehead atoms. The van der Waals surface area contributed by atoms with E-state index in [1.165, 1.54) is 19.0 Å². The Hall–Kier alpha value is -1.31. The monoisotopic (exact) mass is 332 g/mol. The van der Waals surface area contributed by atoms with E-state index in [4.69, 9.17) is 16.3 Å². The molecule has 2 rings (SSSR count). The van der Waals surface area contributed by atoms with E-state index < -0.39 is 21.7 Å². The van der Waals surface area contributed by atoms with Gasteiger partial charge in [-0.3, -0.25) is 4.79 Å². The second kappa shape index (κ2) is 5.82. The molecule has 0 saturated carbocycles. The van der Waals surface area contributed by atoms with Gasteiger partial charge in [0.05, 0.1) is 17.3 Å². The summed E-state index contributed by atoms with van der Waals surface area (Å²) in [6.45, 7) is 2.09. The van der Waals surface area contributed by atoms with Gasteiger partial charge in [0.25, 0.3) is 0 Å². The zero-order valence-corrected chi connectivity index (χ0v) is 13.6. The average Bonchev–Trinajstić information content (AvgIpc) is 2.38. The number of carbonyl (C=O) groups excluding carboxylic acids is 1. The number of carbonyl (C=O) groups is 1. The van der Waals surface area contributed by atoms with Crippen molar-refractivity contribution < 1.29 is 17.9 Å². The van der Waals surface area contributed by atoms with Crippen LogP contribution >= 0.6 is 11.6 Å². The van der Waals surface area contributed by atoms with Crippen molar-refractivity contribution in [3.05, 3.63) is 23.2 Å². The third kappa shape index (κ3) is 3.30. The fourth-order valence-electron chi connectivity index (χ4n) is 2.02. The average molecular weight is 333 g/mol. The van der Waals surface area contributed by atoms with E-state index >= 15 is 0 Å². The van der Waals surface area contributed by atoms with Crippen LogP contribution in [0.15, 0.2) is 18.2 Å². The molecule has 1 aromatic rings. The third-order valence-electron chi connectivity index (χ3n) is 3.16. The summed E-state index contributed by atoms with van der Waals surface area (Å²) in [5.41, 5.74) is 0.500. The molecule has 21 heavy (non-hydrogen) atoms. The molecular weight excluding hydrogens is 316 g/mol. The molecule has 1 aliphatic rings. The molecule has 0 aromatic heterocycles. The van der Waals surface area contributed by atoms with Crippen LogP contribution in [0.5, 0.6) is 5.75 Å². The van der Waals surface area contributed by atoms with E-state index in [9.17, 15) is 13.2 Å². The van der Waals surface area contributed by atoms with Gasteiger partial charge in [0.2, 0.25) is 15.9 Å². The lowest BCUT2D eigenvalue weighted by molar-refractivity contribution is -0.116. The van der Waals surface area contributed by atoms with Crippen LogP contribution < -0.4 is 9.64 Å². The number of benzene rings is 1. The SMILES string of the molecule is C[C@H]1CN(C(=O)CS(=O)(=O)N(C)C)c2cccc(Cl)c2O1. The molecule has 1 heterocycles. The molecule has 1 atom stereocenters. The minimum absolute atomic E-state index is 0.261. The van der Waals surface area contributed by atoms with Crippen LogP contribution in [0.25, 0.3) is 0 Å². The lowest BCUT2D eigenvalue weighted by Crippen LogP contribution is -2.46. The molecule has 1 amide bonds. The molecular formula is C13H17ClN2O4S. The number of para-hydroxylation sites is 1. The minimum Gasteiger partial charge on any atom is -0.485 e. The Morgan fingerprint density at radius 2 is 2.14 bits per heavy atom. The van der Waals surface area contributed by atoms with Gasteiger partial charge in [-0.25, -0.2) is 12.7 Å². The molecule has 6 nitrogen and oxygen atoms in total. The zero-order valence-electron chi connectivity index (χ0n) is 12.0. The van der Waals surface area contributed by atoms with Crippen molar-refractivity contribution in [1.29, 1.82) is 0 Å². The number of halogens is 1. The van der Waals surface area contributed by atoms with Crippen LogP contribution in [0.2, 0.25) is 5.02 Å². The molecule has 8 heteroatoms. The van der Waals surface area contributed by atoms with Crippen LogP contribution in [0.3, 0.4) is 0 Å². The number of anilines is 1. The minimum atomic E-state index is -3.61. The number of hydrogen-bond acceptors (Lipinski definition) is 4. The standard InChI is InChI=1S/C13H17ClN2O4S/c1-9-7-16(12(17)8-21(18,19)15(2)3)11-6-4-5-10(14)13(11)20-9/h4-6,9H,7-8H2,1-3H3/t9-/m0/s1. The number of nitrogens with zero attached hydrogens (tertiary/aromatic N) is 2. The van der Waals surface area contributed by atoms with Crippen LogP contribution in [0.1, 0.15) is 6.92 Å². The van der Waals surface area contributed by atoms with E-state index in [2.05, 4.69) is 0 Å². The van der Waals surface area contributed by atoms with Crippen molar-refractivity contribution in [2.45, 2.75) is 13.0 Å². The predicted molar refractivity (Wildman–Crippen MR) is 81.4 cm³/mol. The highest BCUT2D eigenvalue weighted by molar-refractivity contribution is 7.89. The smallest absolute Gasteiger partial charge is 0.243 e. The largest absolute Gasteiger partial charge is 0.485 e. The van der Waals surface area contributed by atoms with Crippen LogP contribution in [-0.4, -0.2) is 51.1 Å². The van der Waals surface area contributed by atoms with E-state index in [1.807, 2.05) is 0 Å². The summed E-state index contributed by atoms with van der Waals surface area (Å²) in [5, 5.41) is 0.396. The summed E-state index contributed by atoms with van der Waals surface area (Å²) in [6.07, 6.45) is -0.261. The van der Waals surface area contributed by atoms with Crippen molar-refractivity contribution in [3.63, 3.8) is 0 Å². The van der Waals surface area contributed by atoms with E-state index in [0.29, 0.717) is 16.5 Å². The van der Waals surface area contributed by atoms with Crippen LogP contribution in [0, 0.1) is 0 Å². The van der Waals surface area contributed by atoms with E-state index in [0.717, 1.165) is 4.31 Å². The molecule has 0 fully saturated rings. The highest BCUT2D eigenvalue weighted by Gasteiger charge is 2.31. The topological polar surface area (TPSA) is 66.9 Å². The summed E-state index contributed by atoms with van der Waals surface area (Å²) in [7, 11) is -0.812. The van der Waals surface area contributed by atoms with Gasteiger partial charge in [0.15, 0.2) is 5.75 Å².